The molecule has 0 amide bonds. The molecule has 1 saturated heterocycles. The Morgan fingerprint density at radius 2 is 1.49 bits per heavy atom. The van der Waals surface area contributed by atoms with Crippen LogP contribution in [-0.2, 0) is 14.3 Å². The van der Waals surface area contributed by atoms with Crippen molar-refractivity contribution < 1.29 is 34.8 Å². The van der Waals surface area contributed by atoms with Crippen molar-refractivity contribution in [2.24, 2.45) is 17.8 Å². The predicted molar refractivity (Wildman–Crippen MR) is 135 cm³/mol. The Morgan fingerprint density at radius 1 is 0.892 bits per heavy atom. The van der Waals surface area contributed by atoms with Gasteiger partial charge in [-0.3, -0.25) is 9.59 Å². The molecule has 0 spiro atoms. The number of anilines is 1. The molecule has 9 heteroatoms. The van der Waals surface area contributed by atoms with E-state index in [9.17, 15) is 30.0 Å². The SMILES string of the molecule is CC1=C(Nc2c(C)cc(O)cc2O)C(=O)C=C2OC3=CC(=O)C(NC4C(C)CC(O)CC4O)=C(C)C3C21. The summed E-state index contributed by atoms with van der Waals surface area (Å²) < 4.78 is 6.00. The highest BCUT2D eigenvalue weighted by molar-refractivity contribution is 6.09. The molecule has 6 atom stereocenters. The number of hydrogen-bond acceptors (Lipinski definition) is 9. The van der Waals surface area contributed by atoms with Crippen LogP contribution in [0.5, 0.6) is 11.5 Å². The zero-order valence-corrected chi connectivity index (χ0v) is 21.2. The molecular weight excluding hydrogens is 476 g/mol. The van der Waals surface area contributed by atoms with E-state index in [1.807, 2.05) is 20.8 Å². The summed E-state index contributed by atoms with van der Waals surface area (Å²) in [6, 6.07) is 2.31. The van der Waals surface area contributed by atoms with Gasteiger partial charge in [0.1, 0.15) is 23.0 Å². The van der Waals surface area contributed by atoms with Crippen molar-refractivity contribution in [1.29, 1.82) is 0 Å². The van der Waals surface area contributed by atoms with Crippen molar-refractivity contribution in [3.8, 4) is 11.5 Å². The average Bonchev–Trinajstić information content (AvgIpc) is 3.14. The summed E-state index contributed by atoms with van der Waals surface area (Å²) >= 11 is 0. The van der Waals surface area contributed by atoms with Crippen molar-refractivity contribution in [1.82, 2.24) is 5.32 Å². The summed E-state index contributed by atoms with van der Waals surface area (Å²) in [6.45, 7) is 7.32. The third kappa shape index (κ3) is 4.22. The van der Waals surface area contributed by atoms with Gasteiger partial charge in [0, 0.05) is 24.6 Å². The Bertz CT molecular complexity index is 1290. The van der Waals surface area contributed by atoms with Gasteiger partial charge in [-0.05, 0) is 55.9 Å². The van der Waals surface area contributed by atoms with E-state index < -0.39 is 12.2 Å². The molecule has 37 heavy (non-hydrogen) atoms. The van der Waals surface area contributed by atoms with E-state index in [4.69, 9.17) is 4.74 Å². The standard InChI is InChI=1S/C28H32N2O7/c1-11-5-15(31)7-17(33)25(11)29-27-13(3)23-21(9-19(27)35)37-22-10-20(36)28(14(4)24(22)23)30-26-12(2)6-16(32)8-18(26)34/h5,7,9-10,12,16,18,23-24,26,29-34H,6,8H2,1-4H3. The lowest BCUT2D eigenvalue weighted by molar-refractivity contribution is -0.112. The molecule has 0 bridgehead atoms. The maximum atomic E-state index is 13.1. The second-order valence-corrected chi connectivity index (χ2v) is 10.6. The van der Waals surface area contributed by atoms with E-state index in [1.54, 1.807) is 6.92 Å². The quantitative estimate of drug-likeness (QED) is 0.267. The van der Waals surface area contributed by atoms with Gasteiger partial charge in [-0.2, -0.15) is 0 Å². The van der Waals surface area contributed by atoms with Gasteiger partial charge in [-0.25, -0.2) is 0 Å². The van der Waals surface area contributed by atoms with Crippen LogP contribution < -0.4 is 10.6 Å². The lowest BCUT2D eigenvalue weighted by Crippen LogP contribution is -2.51. The number of fused-ring (bicyclic) bond motifs is 3. The first-order valence-electron chi connectivity index (χ1n) is 12.5. The number of aliphatic hydroxyl groups is 2. The minimum atomic E-state index is -0.793. The highest BCUT2D eigenvalue weighted by Crippen LogP contribution is 2.51. The van der Waals surface area contributed by atoms with Gasteiger partial charge in [0.25, 0.3) is 0 Å². The van der Waals surface area contributed by atoms with Gasteiger partial charge < -0.3 is 35.8 Å². The van der Waals surface area contributed by atoms with E-state index in [0.29, 0.717) is 46.2 Å². The molecular formula is C28H32N2O7. The number of rotatable bonds is 4. The molecule has 4 aliphatic rings. The summed E-state index contributed by atoms with van der Waals surface area (Å²) in [4.78, 5) is 26.1. The zero-order valence-electron chi connectivity index (χ0n) is 21.2. The fourth-order valence-electron chi connectivity index (χ4n) is 6.12. The lowest BCUT2D eigenvalue weighted by Gasteiger charge is -2.38. The van der Waals surface area contributed by atoms with Gasteiger partial charge >= 0.3 is 0 Å². The second-order valence-electron chi connectivity index (χ2n) is 10.6. The van der Waals surface area contributed by atoms with E-state index in [0.717, 1.165) is 5.57 Å². The van der Waals surface area contributed by atoms with Crippen LogP contribution in [-0.4, -0.2) is 50.2 Å². The Labute approximate surface area is 214 Å². The smallest absolute Gasteiger partial charge is 0.205 e. The normalized spacial score (nSPS) is 31.4. The van der Waals surface area contributed by atoms with Crippen LogP contribution >= 0.6 is 0 Å². The summed E-state index contributed by atoms with van der Waals surface area (Å²) in [6.07, 6.45) is 2.26. The lowest BCUT2D eigenvalue weighted by atomic mass is 9.75. The molecule has 1 aliphatic heterocycles. The third-order valence-electron chi connectivity index (χ3n) is 7.99. The number of aliphatic hydroxyl groups excluding tert-OH is 2. The highest BCUT2D eigenvalue weighted by Gasteiger charge is 2.48. The molecule has 6 unspecified atom stereocenters. The van der Waals surface area contributed by atoms with Gasteiger partial charge in [0.15, 0.2) is 0 Å². The minimum absolute atomic E-state index is 0.0431. The molecule has 0 radical (unpaired) electrons. The van der Waals surface area contributed by atoms with Gasteiger partial charge in [-0.1, -0.05) is 6.92 Å². The summed E-state index contributed by atoms with van der Waals surface area (Å²) in [5, 5.41) is 47.1. The van der Waals surface area contributed by atoms with Crippen LogP contribution in [0.15, 0.2) is 58.3 Å². The summed E-state index contributed by atoms with van der Waals surface area (Å²) in [7, 11) is 0. The molecule has 9 nitrogen and oxygen atoms in total. The summed E-state index contributed by atoms with van der Waals surface area (Å²) in [5.74, 6) is -0.630. The maximum Gasteiger partial charge on any atom is 0.205 e. The Kier molecular flexibility index (Phi) is 6.16. The molecule has 3 aliphatic carbocycles. The monoisotopic (exact) mass is 508 g/mol. The molecule has 2 fully saturated rings. The number of phenols is 2. The topological polar surface area (TPSA) is 148 Å². The largest absolute Gasteiger partial charge is 0.508 e. The predicted octanol–water partition coefficient (Wildman–Crippen LogP) is 2.67. The van der Waals surface area contributed by atoms with Crippen LogP contribution in [0.25, 0.3) is 0 Å². The van der Waals surface area contributed by atoms with E-state index in [1.165, 1.54) is 24.3 Å². The third-order valence-corrected chi connectivity index (χ3v) is 7.99. The molecule has 6 N–H and O–H groups in total. The molecule has 1 heterocycles. The minimum Gasteiger partial charge on any atom is -0.508 e. The van der Waals surface area contributed by atoms with Crippen molar-refractivity contribution >= 4 is 17.3 Å². The average molecular weight is 509 g/mol. The van der Waals surface area contributed by atoms with Crippen molar-refractivity contribution in [2.45, 2.75) is 58.8 Å². The first-order valence-corrected chi connectivity index (χ1v) is 12.5. The number of nitrogens with one attached hydrogen (secondary N) is 2. The zero-order chi connectivity index (χ0) is 26.8. The van der Waals surface area contributed by atoms with Crippen molar-refractivity contribution in [2.75, 3.05) is 5.32 Å². The number of carbonyl (C=O) groups is 2. The first kappa shape index (κ1) is 25.1. The Hall–Kier alpha value is -3.56. The number of phenolic OH excluding ortho intramolecular Hbond substituents is 2. The Balaban J connectivity index is 1.50. The number of aryl methyl sites for hydroxylation is 1. The van der Waals surface area contributed by atoms with Crippen LogP contribution in [0.2, 0.25) is 0 Å². The van der Waals surface area contributed by atoms with Gasteiger partial charge in [-0.15, -0.1) is 0 Å². The van der Waals surface area contributed by atoms with Crippen LogP contribution in [0.3, 0.4) is 0 Å². The number of carbonyl (C=O) groups excluding carboxylic acids is 2. The maximum absolute atomic E-state index is 13.1. The number of aromatic hydroxyl groups is 2. The fraction of sp³-hybridized carbons (Fsp3) is 0.429. The van der Waals surface area contributed by atoms with E-state index >= 15 is 0 Å². The van der Waals surface area contributed by atoms with Crippen LogP contribution in [0.1, 0.15) is 39.2 Å². The second kappa shape index (κ2) is 9.08. The first-order chi connectivity index (χ1) is 17.5. The van der Waals surface area contributed by atoms with Crippen LogP contribution in [0, 0.1) is 24.7 Å². The number of ketones is 2. The van der Waals surface area contributed by atoms with Gasteiger partial charge in [0.05, 0.1) is 47.2 Å². The van der Waals surface area contributed by atoms with Crippen molar-refractivity contribution in [3.05, 3.63) is 63.9 Å². The molecule has 5 rings (SSSR count). The number of ether oxygens (including phenoxy) is 1. The van der Waals surface area contributed by atoms with Crippen molar-refractivity contribution in [3.63, 3.8) is 0 Å². The number of hydrogen-bond donors (Lipinski definition) is 6. The Morgan fingerprint density at radius 3 is 2.08 bits per heavy atom. The summed E-state index contributed by atoms with van der Waals surface area (Å²) in [5.41, 5.74) is 3.04. The highest BCUT2D eigenvalue weighted by atomic mass is 16.5. The van der Waals surface area contributed by atoms with Crippen LogP contribution in [0.4, 0.5) is 5.69 Å². The van der Waals surface area contributed by atoms with E-state index in [2.05, 4.69) is 10.6 Å². The molecule has 1 aromatic carbocycles. The number of allylic oxidation sites excluding steroid dienone is 4. The molecule has 196 valence electrons. The molecule has 1 aromatic rings. The van der Waals surface area contributed by atoms with Gasteiger partial charge in [0.2, 0.25) is 11.6 Å². The number of benzene rings is 1. The molecule has 1 saturated carbocycles. The molecule has 0 aromatic heterocycles. The fourth-order valence-corrected chi connectivity index (χ4v) is 6.12. The van der Waals surface area contributed by atoms with E-state index in [-0.39, 0.29) is 53.3 Å².